The Morgan fingerprint density at radius 2 is 1.76 bits per heavy atom. The molecule has 7 nitrogen and oxygen atoms in total. The van der Waals surface area contributed by atoms with E-state index in [9.17, 15) is 30.8 Å². The maximum atomic E-state index is 13.9. The number of sulfone groups is 1. The summed E-state index contributed by atoms with van der Waals surface area (Å²) in [6, 6.07) is 6.66. The molecule has 0 bridgehead atoms. The first-order chi connectivity index (χ1) is 15.4. The Kier molecular flexibility index (Phi) is 5.81. The number of aromatic nitrogens is 4. The molecule has 0 unspecified atom stereocenters. The van der Waals surface area contributed by atoms with E-state index in [1.807, 2.05) is 0 Å². The van der Waals surface area contributed by atoms with E-state index in [1.165, 1.54) is 0 Å². The molecule has 0 fully saturated rings. The van der Waals surface area contributed by atoms with Gasteiger partial charge in [0, 0.05) is 36.3 Å². The zero-order valence-electron chi connectivity index (χ0n) is 17.5. The molecule has 0 saturated heterocycles. The van der Waals surface area contributed by atoms with Crippen LogP contribution in [0.3, 0.4) is 0 Å². The molecular weight excluding hydrogens is 464 g/mol. The Morgan fingerprint density at radius 1 is 1.00 bits per heavy atom. The van der Waals surface area contributed by atoms with Gasteiger partial charge in [0.1, 0.15) is 22.2 Å². The predicted octanol–water partition coefficient (Wildman–Crippen LogP) is 3.34. The molecule has 3 aromatic heterocycles. The quantitative estimate of drug-likeness (QED) is 0.377. The van der Waals surface area contributed by atoms with Crippen molar-refractivity contribution in [3.05, 3.63) is 64.7 Å². The van der Waals surface area contributed by atoms with Gasteiger partial charge in [-0.25, -0.2) is 17.6 Å². The van der Waals surface area contributed by atoms with Crippen LogP contribution in [0.1, 0.15) is 12.1 Å². The minimum Gasteiger partial charge on any atom is -0.343 e. The summed E-state index contributed by atoms with van der Waals surface area (Å²) in [4.78, 5) is 17.0. The number of hydrogen-bond acceptors (Lipinski definition) is 4. The first kappa shape index (κ1) is 23.0. The Balaban J connectivity index is 1.82. The highest BCUT2D eigenvalue weighted by Gasteiger charge is 2.31. The van der Waals surface area contributed by atoms with E-state index in [2.05, 4.69) is 4.98 Å². The Bertz CT molecular complexity index is 1500. The zero-order chi connectivity index (χ0) is 24.0. The summed E-state index contributed by atoms with van der Waals surface area (Å²) in [5, 5.41) is 0.727. The van der Waals surface area contributed by atoms with E-state index in [1.54, 1.807) is 29.1 Å². The molecule has 0 saturated carbocycles. The van der Waals surface area contributed by atoms with Gasteiger partial charge in [-0.05, 0) is 36.8 Å². The number of fused-ring (bicyclic) bond motifs is 2. The predicted molar refractivity (Wildman–Crippen MR) is 115 cm³/mol. The minimum absolute atomic E-state index is 0.0277. The second-order valence-electron chi connectivity index (χ2n) is 7.91. The van der Waals surface area contributed by atoms with Crippen LogP contribution < -0.4 is 5.69 Å². The van der Waals surface area contributed by atoms with Crippen molar-refractivity contribution in [1.29, 1.82) is 0 Å². The maximum absolute atomic E-state index is 13.9. The van der Waals surface area contributed by atoms with Crippen LogP contribution >= 0.6 is 0 Å². The first-order valence-corrected chi connectivity index (χ1v) is 12.0. The number of benzene rings is 1. The van der Waals surface area contributed by atoms with Crippen molar-refractivity contribution in [2.45, 2.75) is 32.2 Å². The van der Waals surface area contributed by atoms with Gasteiger partial charge < -0.3 is 4.57 Å². The highest BCUT2D eigenvalue weighted by Crippen LogP contribution is 2.24. The molecule has 0 radical (unpaired) electrons. The van der Waals surface area contributed by atoms with Gasteiger partial charge in [0.2, 0.25) is 0 Å². The molecule has 0 spiro atoms. The van der Waals surface area contributed by atoms with E-state index < -0.39 is 34.1 Å². The second-order valence-corrected chi connectivity index (χ2v) is 10.2. The molecule has 3 heterocycles. The van der Waals surface area contributed by atoms with Crippen molar-refractivity contribution >= 4 is 31.8 Å². The molecule has 33 heavy (non-hydrogen) atoms. The van der Waals surface area contributed by atoms with Gasteiger partial charge in [-0.3, -0.25) is 14.1 Å². The topological polar surface area (TPSA) is 78.9 Å². The summed E-state index contributed by atoms with van der Waals surface area (Å²) >= 11 is 0. The molecule has 0 aliphatic heterocycles. The van der Waals surface area contributed by atoms with E-state index in [4.69, 9.17) is 0 Å². The molecule has 1 aromatic carbocycles. The van der Waals surface area contributed by atoms with Crippen molar-refractivity contribution in [2.75, 3.05) is 12.0 Å². The lowest BCUT2D eigenvalue weighted by Crippen LogP contribution is -2.30. The van der Waals surface area contributed by atoms with Crippen LogP contribution in [0.4, 0.5) is 17.6 Å². The summed E-state index contributed by atoms with van der Waals surface area (Å²) < 4.78 is 79.8. The average molecular weight is 484 g/mol. The molecule has 0 amide bonds. The fourth-order valence-electron chi connectivity index (χ4n) is 3.99. The smallest absolute Gasteiger partial charge is 0.343 e. The van der Waals surface area contributed by atoms with E-state index >= 15 is 0 Å². The third-order valence-corrected chi connectivity index (χ3v) is 6.35. The van der Waals surface area contributed by atoms with Crippen molar-refractivity contribution in [3.8, 4) is 0 Å². The number of pyridine rings is 1. The summed E-state index contributed by atoms with van der Waals surface area (Å²) in [5.74, 6) is -0.730. The number of aryl methyl sites for hydroxylation is 1. The Morgan fingerprint density at radius 3 is 2.45 bits per heavy atom. The highest BCUT2D eigenvalue weighted by atomic mass is 32.2. The Labute approximate surface area is 185 Å². The van der Waals surface area contributed by atoms with Crippen LogP contribution in [-0.4, -0.2) is 45.3 Å². The molecule has 0 aliphatic carbocycles. The van der Waals surface area contributed by atoms with Gasteiger partial charge in [0.05, 0.1) is 28.8 Å². The molecule has 176 valence electrons. The summed E-state index contributed by atoms with van der Waals surface area (Å²) in [6.07, 6.45) is -0.0345. The molecule has 4 aromatic rings. The monoisotopic (exact) mass is 484 g/mol. The molecule has 0 aliphatic rings. The molecule has 0 atom stereocenters. The lowest BCUT2D eigenvalue weighted by atomic mass is 10.3. The fraction of sp³-hybridized carbons (Fsp3) is 0.333. The van der Waals surface area contributed by atoms with Gasteiger partial charge in [0.25, 0.3) is 0 Å². The summed E-state index contributed by atoms with van der Waals surface area (Å²) in [5.41, 5.74) is 0.394. The molecule has 0 N–H and O–H groups in total. The second kappa shape index (κ2) is 8.32. The zero-order valence-corrected chi connectivity index (χ0v) is 18.3. The SMILES string of the molecule is CS(=O)(=O)CCCn1c(Cn2c(=O)n(CC(F)(F)F)c3ccc(F)cc32)cc2cnccc21. The standard InChI is InChI=1S/C21H20F4N4O3S/c1-33(31,32)8-2-7-27-16(9-14-11-26-6-5-17(14)27)12-28-19-10-15(22)3-4-18(19)29(20(28)30)13-21(23,24)25/h3-6,9-11H,2,7-8,12-13H2,1H3. The van der Waals surface area contributed by atoms with Gasteiger partial charge in [-0.2, -0.15) is 13.2 Å². The van der Waals surface area contributed by atoms with Crippen molar-refractivity contribution in [1.82, 2.24) is 18.7 Å². The van der Waals surface area contributed by atoms with Gasteiger partial charge in [-0.15, -0.1) is 0 Å². The van der Waals surface area contributed by atoms with Crippen molar-refractivity contribution in [3.63, 3.8) is 0 Å². The minimum atomic E-state index is -4.64. The number of imidazole rings is 1. The van der Waals surface area contributed by atoms with Gasteiger partial charge >= 0.3 is 11.9 Å². The largest absolute Gasteiger partial charge is 0.406 e. The fourth-order valence-corrected chi connectivity index (χ4v) is 4.64. The first-order valence-electron chi connectivity index (χ1n) is 9.98. The highest BCUT2D eigenvalue weighted by molar-refractivity contribution is 7.90. The third-order valence-electron chi connectivity index (χ3n) is 5.32. The lowest BCUT2D eigenvalue weighted by molar-refractivity contribution is -0.140. The van der Waals surface area contributed by atoms with Gasteiger partial charge in [0.15, 0.2) is 0 Å². The third kappa shape index (κ3) is 4.95. The van der Waals surface area contributed by atoms with Crippen LogP contribution in [0, 0.1) is 5.82 Å². The number of hydrogen-bond donors (Lipinski definition) is 0. The van der Waals surface area contributed by atoms with Crippen LogP contribution in [0.25, 0.3) is 21.9 Å². The number of rotatable bonds is 7. The van der Waals surface area contributed by atoms with E-state index in [0.29, 0.717) is 23.2 Å². The number of alkyl halides is 3. The van der Waals surface area contributed by atoms with Crippen molar-refractivity contribution in [2.24, 2.45) is 0 Å². The molecule has 12 heteroatoms. The van der Waals surface area contributed by atoms with E-state index in [-0.39, 0.29) is 23.3 Å². The van der Waals surface area contributed by atoms with Gasteiger partial charge in [-0.1, -0.05) is 0 Å². The van der Waals surface area contributed by atoms with Crippen molar-refractivity contribution < 1.29 is 26.0 Å². The summed E-state index contributed by atoms with van der Waals surface area (Å²) in [7, 11) is -3.19. The van der Waals surface area contributed by atoms with Crippen LogP contribution in [-0.2, 0) is 29.5 Å². The summed E-state index contributed by atoms with van der Waals surface area (Å²) in [6.45, 7) is -1.32. The lowest BCUT2D eigenvalue weighted by Gasteiger charge is -2.11. The van der Waals surface area contributed by atoms with Crippen LogP contribution in [0.15, 0.2) is 47.5 Å². The van der Waals surface area contributed by atoms with Crippen LogP contribution in [0.2, 0.25) is 0 Å². The maximum Gasteiger partial charge on any atom is 0.406 e. The molecule has 4 rings (SSSR count). The van der Waals surface area contributed by atoms with Crippen LogP contribution in [0.5, 0.6) is 0 Å². The number of nitrogens with zero attached hydrogens (tertiary/aromatic N) is 4. The van der Waals surface area contributed by atoms with E-state index in [0.717, 1.165) is 39.9 Å². The Hall–Kier alpha value is -3.15. The average Bonchev–Trinajstić information content (AvgIpc) is 3.17. The molecular formula is C21H20F4N4O3S. The number of halogens is 4. The normalized spacial score (nSPS) is 12.8.